The number of aromatic nitrogens is 4. The van der Waals surface area contributed by atoms with Gasteiger partial charge in [0.2, 0.25) is 11.8 Å². The van der Waals surface area contributed by atoms with Crippen molar-refractivity contribution in [3.05, 3.63) is 28.7 Å². The number of hydrogen-bond acceptors (Lipinski definition) is 5. The molecule has 3 heterocycles. The number of carbonyl (C=O) groups excluding carboxylic acids is 1. The molecule has 0 bridgehead atoms. The smallest absolute Gasteiger partial charge is 0.249 e. The van der Waals surface area contributed by atoms with Crippen molar-refractivity contribution in [1.82, 2.24) is 25.2 Å². The Morgan fingerprint density at radius 1 is 1.26 bits per heavy atom. The SMILES string of the molecule is CC(C)c1noc(C2CCCCN2C(=O)CCc2n[nH]c3c2CCCC3)n1. The topological polar surface area (TPSA) is 87.9 Å². The van der Waals surface area contributed by atoms with E-state index in [4.69, 9.17) is 4.52 Å². The fraction of sp³-hybridized carbons (Fsp3) is 0.700. The number of piperidine rings is 1. The third kappa shape index (κ3) is 3.77. The van der Waals surface area contributed by atoms with Gasteiger partial charge in [0, 0.05) is 31.0 Å². The summed E-state index contributed by atoms with van der Waals surface area (Å²) in [5.74, 6) is 1.69. The van der Waals surface area contributed by atoms with Gasteiger partial charge < -0.3 is 9.42 Å². The molecule has 146 valence electrons. The lowest BCUT2D eigenvalue weighted by Crippen LogP contribution is -2.38. The summed E-state index contributed by atoms with van der Waals surface area (Å²) in [6.45, 7) is 4.85. The number of nitrogens with one attached hydrogen (secondary N) is 1. The Morgan fingerprint density at radius 3 is 2.93 bits per heavy atom. The molecule has 1 N–H and O–H groups in total. The van der Waals surface area contributed by atoms with Gasteiger partial charge in [-0.3, -0.25) is 9.89 Å². The van der Waals surface area contributed by atoms with Crippen LogP contribution in [0.1, 0.15) is 93.0 Å². The van der Waals surface area contributed by atoms with E-state index in [0.29, 0.717) is 24.6 Å². The minimum atomic E-state index is -0.0839. The molecule has 7 nitrogen and oxygen atoms in total. The number of nitrogens with zero attached hydrogens (tertiary/aromatic N) is 4. The molecule has 0 spiro atoms. The van der Waals surface area contributed by atoms with Crippen LogP contribution in [0.4, 0.5) is 0 Å². The molecule has 1 aliphatic heterocycles. The first-order valence-electron chi connectivity index (χ1n) is 10.3. The normalized spacial score (nSPS) is 20.1. The molecule has 4 rings (SSSR count). The second-order valence-corrected chi connectivity index (χ2v) is 8.08. The number of aromatic amines is 1. The number of fused-ring (bicyclic) bond motifs is 1. The highest BCUT2D eigenvalue weighted by Gasteiger charge is 2.32. The number of aryl methyl sites for hydroxylation is 2. The van der Waals surface area contributed by atoms with Crippen molar-refractivity contribution in [2.45, 2.75) is 83.6 Å². The van der Waals surface area contributed by atoms with E-state index in [1.54, 1.807) is 0 Å². The molecule has 2 aromatic rings. The molecule has 1 atom stereocenters. The Hall–Kier alpha value is -2.18. The number of carbonyl (C=O) groups is 1. The Balaban J connectivity index is 1.43. The maximum atomic E-state index is 13.0. The second kappa shape index (κ2) is 7.82. The minimum absolute atomic E-state index is 0.0839. The Bertz CT molecular complexity index is 794. The molecule has 0 aromatic carbocycles. The van der Waals surface area contributed by atoms with Gasteiger partial charge in [0.25, 0.3) is 0 Å². The third-order valence-electron chi connectivity index (χ3n) is 5.80. The summed E-state index contributed by atoms with van der Waals surface area (Å²) in [5, 5.41) is 11.7. The summed E-state index contributed by atoms with van der Waals surface area (Å²) in [5.41, 5.74) is 3.70. The average Bonchev–Trinajstić information content (AvgIpc) is 3.34. The standard InChI is InChI=1S/C20H29N5O2/c1-13(2)19-21-20(27-24-19)17-9-5-6-12-25(17)18(26)11-10-16-14-7-3-4-8-15(14)22-23-16/h13,17H,3-12H2,1-2H3,(H,22,23). The van der Waals surface area contributed by atoms with E-state index < -0.39 is 0 Å². The van der Waals surface area contributed by atoms with Gasteiger partial charge >= 0.3 is 0 Å². The van der Waals surface area contributed by atoms with Crippen LogP contribution >= 0.6 is 0 Å². The van der Waals surface area contributed by atoms with Gasteiger partial charge in [0.05, 0.1) is 5.69 Å². The summed E-state index contributed by atoms with van der Waals surface area (Å²) >= 11 is 0. The largest absolute Gasteiger partial charge is 0.337 e. The maximum absolute atomic E-state index is 13.0. The van der Waals surface area contributed by atoms with Crippen LogP contribution in [0.15, 0.2) is 4.52 Å². The molecular weight excluding hydrogens is 342 g/mol. The van der Waals surface area contributed by atoms with E-state index in [2.05, 4.69) is 20.3 Å². The van der Waals surface area contributed by atoms with E-state index in [1.165, 1.54) is 24.1 Å². The first kappa shape index (κ1) is 18.2. The lowest BCUT2D eigenvalue weighted by molar-refractivity contribution is -0.135. The molecule has 2 aliphatic rings. The van der Waals surface area contributed by atoms with Gasteiger partial charge in [0.1, 0.15) is 6.04 Å². The molecule has 1 amide bonds. The maximum Gasteiger partial charge on any atom is 0.249 e. The highest BCUT2D eigenvalue weighted by atomic mass is 16.5. The van der Waals surface area contributed by atoms with Crippen LogP contribution in [0.5, 0.6) is 0 Å². The molecule has 7 heteroatoms. The fourth-order valence-corrected chi connectivity index (χ4v) is 4.23. The monoisotopic (exact) mass is 371 g/mol. The number of likely N-dealkylation sites (tertiary alicyclic amines) is 1. The average molecular weight is 371 g/mol. The quantitative estimate of drug-likeness (QED) is 0.869. The van der Waals surface area contributed by atoms with Crippen molar-refractivity contribution < 1.29 is 9.32 Å². The third-order valence-corrected chi connectivity index (χ3v) is 5.80. The molecule has 2 aromatic heterocycles. The first-order chi connectivity index (χ1) is 13.1. The lowest BCUT2D eigenvalue weighted by Gasteiger charge is -2.33. The zero-order valence-corrected chi connectivity index (χ0v) is 16.3. The molecule has 1 saturated heterocycles. The van der Waals surface area contributed by atoms with Crippen molar-refractivity contribution in [2.24, 2.45) is 0 Å². The summed E-state index contributed by atoms with van der Waals surface area (Å²) < 4.78 is 5.50. The van der Waals surface area contributed by atoms with Crippen LogP contribution in [0.25, 0.3) is 0 Å². The van der Waals surface area contributed by atoms with Crippen molar-refractivity contribution in [3.8, 4) is 0 Å². The van der Waals surface area contributed by atoms with Gasteiger partial charge in [-0.25, -0.2) is 0 Å². The number of amides is 1. The van der Waals surface area contributed by atoms with Crippen molar-refractivity contribution in [1.29, 1.82) is 0 Å². The Morgan fingerprint density at radius 2 is 2.11 bits per heavy atom. The zero-order valence-electron chi connectivity index (χ0n) is 16.3. The molecule has 0 saturated carbocycles. The summed E-state index contributed by atoms with van der Waals surface area (Å²) in [4.78, 5) is 19.5. The van der Waals surface area contributed by atoms with Crippen molar-refractivity contribution in [2.75, 3.05) is 6.54 Å². The van der Waals surface area contributed by atoms with Crippen LogP contribution < -0.4 is 0 Å². The number of rotatable bonds is 5. The van der Waals surface area contributed by atoms with Crippen molar-refractivity contribution >= 4 is 5.91 Å². The van der Waals surface area contributed by atoms with Crippen LogP contribution in [0, 0.1) is 0 Å². The molecule has 1 unspecified atom stereocenters. The highest BCUT2D eigenvalue weighted by molar-refractivity contribution is 5.77. The van der Waals surface area contributed by atoms with Gasteiger partial charge in [-0.05, 0) is 50.5 Å². The van der Waals surface area contributed by atoms with Crippen LogP contribution in [-0.2, 0) is 24.1 Å². The van der Waals surface area contributed by atoms with Gasteiger partial charge in [0.15, 0.2) is 5.82 Å². The predicted molar refractivity (Wildman–Crippen MR) is 100 cm³/mol. The number of H-pyrrole nitrogens is 1. The minimum Gasteiger partial charge on any atom is -0.337 e. The van der Waals surface area contributed by atoms with Crippen molar-refractivity contribution in [3.63, 3.8) is 0 Å². The molecule has 27 heavy (non-hydrogen) atoms. The molecule has 1 aliphatic carbocycles. The summed E-state index contributed by atoms with van der Waals surface area (Å²) in [7, 11) is 0. The molecular formula is C20H29N5O2. The van der Waals surface area contributed by atoms with E-state index in [-0.39, 0.29) is 17.9 Å². The number of hydrogen-bond donors (Lipinski definition) is 1. The Kier molecular flexibility index (Phi) is 5.27. The fourth-order valence-electron chi connectivity index (χ4n) is 4.23. The highest BCUT2D eigenvalue weighted by Crippen LogP contribution is 2.31. The van der Waals surface area contributed by atoms with Crippen LogP contribution in [-0.4, -0.2) is 37.7 Å². The second-order valence-electron chi connectivity index (χ2n) is 8.08. The van der Waals surface area contributed by atoms with Gasteiger partial charge in [-0.2, -0.15) is 10.1 Å². The zero-order chi connectivity index (χ0) is 18.8. The molecule has 1 fully saturated rings. The summed E-state index contributed by atoms with van der Waals surface area (Å²) in [6.07, 6.45) is 8.81. The first-order valence-corrected chi connectivity index (χ1v) is 10.3. The van der Waals surface area contributed by atoms with Crippen LogP contribution in [0.2, 0.25) is 0 Å². The van der Waals surface area contributed by atoms with E-state index >= 15 is 0 Å². The van der Waals surface area contributed by atoms with E-state index in [0.717, 1.165) is 44.3 Å². The van der Waals surface area contributed by atoms with E-state index in [1.807, 2.05) is 18.7 Å². The van der Waals surface area contributed by atoms with Crippen LogP contribution in [0.3, 0.4) is 0 Å². The van der Waals surface area contributed by atoms with Gasteiger partial charge in [-0.15, -0.1) is 0 Å². The lowest BCUT2D eigenvalue weighted by atomic mass is 9.94. The molecule has 0 radical (unpaired) electrons. The van der Waals surface area contributed by atoms with E-state index in [9.17, 15) is 4.79 Å². The predicted octanol–water partition coefficient (Wildman–Crippen LogP) is 3.48. The summed E-state index contributed by atoms with van der Waals surface area (Å²) in [6, 6.07) is -0.0839. The van der Waals surface area contributed by atoms with Gasteiger partial charge in [-0.1, -0.05) is 19.0 Å². The Labute approximate surface area is 159 Å².